The Bertz CT molecular complexity index is 569. The van der Waals surface area contributed by atoms with E-state index in [1.807, 2.05) is 25.1 Å². The van der Waals surface area contributed by atoms with Crippen LogP contribution in [0.15, 0.2) is 15.4 Å². The lowest BCUT2D eigenvalue weighted by molar-refractivity contribution is 0.885. The minimum Gasteiger partial charge on any atom is -0.370 e. The highest BCUT2D eigenvalue weighted by Crippen LogP contribution is 2.32. The summed E-state index contributed by atoms with van der Waals surface area (Å²) in [5.41, 5.74) is 0. The summed E-state index contributed by atoms with van der Waals surface area (Å²) >= 11 is 3.08. The molecule has 0 atom stereocenters. The average Bonchev–Trinajstić information content (AvgIpc) is 2.87. The molecule has 2 rings (SSSR count). The van der Waals surface area contributed by atoms with Crippen molar-refractivity contribution in [1.82, 2.24) is 20.2 Å². The van der Waals surface area contributed by atoms with Gasteiger partial charge in [0.1, 0.15) is 16.7 Å². The molecule has 0 unspecified atom stereocenters. The van der Waals surface area contributed by atoms with Crippen molar-refractivity contribution in [3.05, 3.63) is 11.9 Å². The van der Waals surface area contributed by atoms with Gasteiger partial charge in [-0.25, -0.2) is 9.97 Å². The van der Waals surface area contributed by atoms with Crippen molar-refractivity contribution < 1.29 is 0 Å². The second kappa shape index (κ2) is 6.85. The van der Waals surface area contributed by atoms with Gasteiger partial charge in [0.05, 0.1) is 0 Å². The summed E-state index contributed by atoms with van der Waals surface area (Å²) in [6.45, 7) is 4.94. The van der Waals surface area contributed by atoms with E-state index < -0.39 is 0 Å². The zero-order valence-corrected chi connectivity index (χ0v) is 13.7. The Balaban J connectivity index is 2.20. The molecule has 6 nitrogen and oxygen atoms in total. The molecule has 0 aromatic carbocycles. The molecule has 0 bridgehead atoms. The lowest BCUT2D eigenvalue weighted by atomic mass is 10.4. The molecule has 2 aromatic heterocycles. The van der Waals surface area contributed by atoms with Gasteiger partial charge in [-0.3, -0.25) is 0 Å². The molecule has 0 aliphatic heterocycles. The van der Waals surface area contributed by atoms with Crippen LogP contribution in [0.3, 0.4) is 0 Å². The first-order valence-corrected chi connectivity index (χ1v) is 8.06. The number of hydrogen-bond donors (Lipinski definition) is 1. The molecule has 1 N–H and O–H groups in total. The van der Waals surface area contributed by atoms with Crippen LogP contribution in [0.25, 0.3) is 0 Å². The molecule has 20 heavy (non-hydrogen) atoms. The molecule has 2 aromatic rings. The molecule has 0 spiro atoms. The highest BCUT2D eigenvalue weighted by atomic mass is 32.2. The van der Waals surface area contributed by atoms with Gasteiger partial charge in [0.2, 0.25) is 5.13 Å². The Hall–Kier alpha value is -1.41. The zero-order valence-electron chi connectivity index (χ0n) is 12.0. The van der Waals surface area contributed by atoms with E-state index in [0.717, 1.165) is 39.1 Å². The Kier molecular flexibility index (Phi) is 5.13. The molecule has 8 heteroatoms. The molecule has 0 saturated heterocycles. The number of rotatable bonds is 6. The van der Waals surface area contributed by atoms with Gasteiger partial charge in [0.25, 0.3) is 0 Å². The smallest absolute Gasteiger partial charge is 0.208 e. The van der Waals surface area contributed by atoms with E-state index in [9.17, 15) is 0 Å². The van der Waals surface area contributed by atoms with Crippen LogP contribution in [0, 0.1) is 0 Å². The third-order valence-electron chi connectivity index (χ3n) is 2.39. The topological polar surface area (TPSA) is 66.8 Å². The van der Waals surface area contributed by atoms with Crippen LogP contribution in [0.5, 0.6) is 0 Å². The molecular formula is C12H18N6S2. The largest absolute Gasteiger partial charge is 0.370 e. The molecule has 0 aliphatic rings. The summed E-state index contributed by atoms with van der Waals surface area (Å²) < 4.78 is 0.886. The molecule has 2 heterocycles. The fourth-order valence-corrected chi connectivity index (χ4v) is 3.20. The summed E-state index contributed by atoms with van der Waals surface area (Å²) in [5.74, 6) is 1.70. The van der Waals surface area contributed by atoms with Crippen molar-refractivity contribution in [1.29, 1.82) is 0 Å². The van der Waals surface area contributed by atoms with Crippen LogP contribution in [0.1, 0.15) is 19.7 Å². The van der Waals surface area contributed by atoms with E-state index in [4.69, 9.17) is 0 Å². The van der Waals surface area contributed by atoms with Gasteiger partial charge < -0.3 is 10.2 Å². The minimum atomic E-state index is 0.811. The number of nitrogens with one attached hydrogen (secondary N) is 1. The molecule has 0 radical (unpaired) electrons. The van der Waals surface area contributed by atoms with Gasteiger partial charge >= 0.3 is 0 Å². The summed E-state index contributed by atoms with van der Waals surface area (Å²) in [6.07, 6.45) is 0.811. The third kappa shape index (κ3) is 3.80. The van der Waals surface area contributed by atoms with Gasteiger partial charge in [-0.05, 0) is 18.7 Å². The number of aryl methyl sites for hydroxylation is 1. The highest BCUT2D eigenvalue weighted by Gasteiger charge is 2.10. The van der Waals surface area contributed by atoms with E-state index in [1.165, 1.54) is 11.8 Å². The van der Waals surface area contributed by atoms with Crippen LogP contribution in [-0.4, -0.2) is 40.8 Å². The molecular weight excluding hydrogens is 292 g/mol. The summed E-state index contributed by atoms with van der Waals surface area (Å²) in [6, 6.07) is 1.95. The van der Waals surface area contributed by atoms with Crippen LogP contribution >= 0.6 is 23.1 Å². The number of hydrogen-bond acceptors (Lipinski definition) is 8. The number of nitrogens with zero attached hydrogens (tertiary/aromatic N) is 5. The first-order chi connectivity index (χ1) is 9.62. The minimum absolute atomic E-state index is 0.811. The van der Waals surface area contributed by atoms with Gasteiger partial charge in [-0.1, -0.05) is 18.3 Å². The monoisotopic (exact) mass is 310 g/mol. The molecule has 0 fully saturated rings. The van der Waals surface area contributed by atoms with Gasteiger partial charge in [0, 0.05) is 33.1 Å². The Labute approximate surface area is 127 Å². The Morgan fingerprint density at radius 1 is 1.25 bits per heavy atom. The van der Waals surface area contributed by atoms with Gasteiger partial charge in [0.15, 0.2) is 4.34 Å². The lowest BCUT2D eigenvalue weighted by Gasteiger charge is -2.06. The third-order valence-corrected chi connectivity index (χ3v) is 4.45. The normalized spacial score (nSPS) is 10.6. The molecule has 0 amide bonds. The van der Waals surface area contributed by atoms with E-state index in [-0.39, 0.29) is 0 Å². The fraction of sp³-hybridized carbons (Fsp3) is 0.500. The SMILES string of the molecule is CCNc1cc(Sc2nnc(N(C)C)s2)nc(CC)n1. The van der Waals surface area contributed by atoms with Crippen molar-refractivity contribution in [2.45, 2.75) is 29.6 Å². The van der Waals surface area contributed by atoms with Crippen LogP contribution in [0.2, 0.25) is 0 Å². The predicted molar refractivity (Wildman–Crippen MR) is 83.9 cm³/mol. The first-order valence-electron chi connectivity index (χ1n) is 6.42. The highest BCUT2D eigenvalue weighted by molar-refractivity contribution is 8.01. The maximum atomic E-state index is 4.52. The maximum absolute atomic E-state index is 4.52. The summed E-state index contributed by atoms with van der Waals surface area (Å²) in [5, 5.41) is 13.3. The van der Waals surface area contributed by atoms with E-state index in [0.29, 0.717) is 0 Å². The molecule has 0 saturated carbocycles. The fourth-order valence-electron chi connectivity index (χ4n) is 1.47. The van der Waals surface area contributed by atoms with Crippen LogP contribution < -0.4 is 10.2 Å². The van der Waals surface area contributed by atoms with Crippen LogP contribution in [-0.2, 0) is 6.42 Å². The van der Waals surface area contributed by atoms with E-state index in [1.54, 1.807) is 11.3 Å². The van der Waals surface area contributed by atoms with Crippen molar-refractivity contribution in [3.8, 4) is 0 Å². The van der Waals surface area contributed by atoms with Crippen molar-refractivity contribution in [2.24, 2.45) is 0 Å². The first kappa shape index (κ1) is 15.0. The quantitative estimate of drug-likeness (QED) is 0.822. The lowest BCUT2D eigenvalue weighted by Crippen LogP contribution is -2.07. The standard InChI is InChI=1S/C12H18N6S2/c1-5-8-14-9(13-6-2)7-10(15-8)19-12-17-16-11(20-12)18(3)4/h7H,5-6H2,1-4H3,(H,13,14,15). The van der Waals surface area contributed by atoms with Crippen LogP contribution in [0.4, 0.5) is 10.9 Å². The average molecular weight is 310 g/mol. The Morgan fingerprint density at radius 2 is 2.05 bits per heavy atom. The molecule has 108 valence electrons. The number of aromatic nitrogens is 4. The maximum Gasteiger partial charge on any atom is 0.208 e. The van der Waals surface area contributed by atoms with Crippen molar-refractivity contribution in [2.75, 3.05) is 30.9 Å². The second-order valence-electron chi connectivity index (χ2n) is 4.24. The van der Waals surface area contributed by atoms with Gasteiger partial charge in [-0.2, -0.15) is 0 Å². The van der Waals surface area contributed by atoms with Gasteiger partial charge in [-0.15, -0.1) is 10.2 Å². The number of anilines is 2. The van der Waals surface area contributed by atoms with E-state index >= 15 is 0 Å². The Morgan fingerprint density at radius 3 is 2.65 bits per heavy atom. The zero-order chi connectivity index (χ0) is 14.5. The van der Waals surface area contributed by atoms with Crippen molar-refractivity contribution in [3.63, 3.8) is 0 Å². The van der Waals surface area contributed by atoms with Crippen molar-refractivity contribution >= 4 is 34.0 Å². The predicted octanol–water partition coefficient (Wildman–Crippen LogP) is 2.54. The summed E-state index contributed by atoms with van der Waals surface area (Å²) in [4.78, 5) is 10.9. The van der Waals surface area contributed by atoms with E-state index in [2.05, 4.69) is 39.3 Å². The summed E-state index contributed by atoms with van der Waals surface area (Å²) in [7, 11) is 3.91. The molecule has 0 aliphatic carbocycles. The second-order valence-corrected chi connectivity index (χ2v) is 6.46.